The predicted molar refractivity (Wildman–Crippen MR) is 116 cm³/mol. The number of nitrogens with zero attached hydrogens (tertiary/aromatic N) is 1. The molecule has 0 saturated heterocycles. The summed E-state index contributed by atoms with van der Waals surface area (Å²) in [6, 6.07) is 21.7. The molecule has 144 valence electrons. The highest BCUT2D eigenvalue weighted by Gasteiger charge is 2.22. The van der Waals surface area contributed by atoms with Gasteiger partial charge in [0.25, 0.3) is 5.91 Å². The summed E-state index contributed by atoms with van der Waals surface area (Å²) in [6.45, 7) is 0. The first-order valence-electron chi connectivity index (χ1n) is 8.71. The third kappa shape index (κ3) is 3.79. The van der Waals surface area contributed by atoms with Gasteiger partial charge in [0, 0.05) is 21.6 Å². The summed E-state index contributed by atoms with van der Waals surface area (Å²) >= 11 is 3.31. The maximum absolute atomic E-state index is 13.2. The van der Waals surface area contributed by atoms with Crippen LogP contribution in [0.2, 0.25) is 0 Å². The summed E-state index contributed by atoms with van der Waals surface area (Å²) in [4.78, 5) is 17.2. The van der Waals surface area contributed by atoms with E-state index in [1.54, 1.807) is 72.9 Å². The number of rotatable bonds is 4. The topological polar surface area (TPSA) is 76.1 Å². The Kier molecular flexibility index (Phi) is 5.17. The zero-order chi connectivity index (χ0) is 20.4. The maximum atomic E-state index is 13.2. The SMILES string of the molecule is O=C(Nc1ccc(S(=O)(=O)c2ccc(Br)cc2)c2cccnc12)c1ccccc1. The van der Waals surface area contributed by atoms with Gasteiger partial charge in [-0.3, -0.25) is 9.78 Å². The van der Waals surface area contributed by atoms with Crippen LogP contribution in [0.3, 0.4) is 0 Å². The number of anilines is 1. The molecule has 0 saturated carbocycles. The zero-order valence-corrected chi connectivity index (χ0v) is 17.4. The van der Waals surface area contributed by atoms with Gasteiger partial charge < -0.3 is 5.32 Å². The Morgan fingerprint density at radius 3 is 2.31 bits per heavy atom. The van der Waals surface area contributed by atoms with Crippen LogP contribution < -0.4 is 5.32 Å². The van der Waals surface area contributed by atoms with E-state index in [1.807, 2.05) is 6.07 Å². The van der Waals surface area contributed by atoms with Gasteiger partial charge in [0.1, 0.15) is 0 Å². The van der Waals surface area contributed by atoms with Gasteiger partial charge in [0.2, 0.25) is 9.84 Å². The van der Waals surface area contributed by atoms with Crippen molar-refractivity contribution < 1.29 is 13.2 Å². The molecule has 1 N–H and O–H groups in total. The van der Waals surface area contributed by atoms with Crippen molar-refractivity contribution in [2.45, 2.75) is 9.79 Å². The van der Waals surface area contributed by atoms with E-state index >= 15 is 0 Å². The molecular formula is C22H15BrN2O3S. The summed E-state index contributed by atoms with van der Waals surface area (Å²) < 4.78 is 27.2. The largest absolute Gasteiger partial charge is 0.320 e. The molecule has 3 aromatic carbocycles. The van der Waals surface area contributed by atoms with Gasteiger partial charge >= 0.3 is 0 Å². The van der Waals surface area contributed by atoms with Gasteiger partial charge in [-0.15, -0.1) is 0 Å². The van der Waals surface area contributed by atoms with Gasteiger partial charge in [0.05, 0.1) is 21.0 Å². The highest BCUT2D eigenvalue weighted by Crippen LogP contribution is 2.32. The number of sulfone groups is 1. The molecule has 4 aromatic rings. The smallest absolute Gasteiger partial charge is 0.255 e. The number of benzene rings is 3. The lowest BCUT2D eigenvalue weighted by molar-refractivity contribution is 0.102. The summed E-state index contributed by atoms with van der Waals surface area (Å²) in [5, 5.41) is 3.27. The van der Waals surface area contributed by atoms with Crippen LogP contribution in [0, 0.1) is 0 Å². The molecule has 1 amide bonds. The highest BCUT2D eigenvalue weighted by atomic mass is 79.9. The number of carbonyl (C=O) groups excluding carboxylic acids is 1. The number of hydrogen-bond donors (Lipinski definition) is 1. The van der Waals surface area contributed by atoms with E-state index in [-0.39, 0.29) is 15.7 Å². The lowest BCUT2D eigenvalue weighted by Gasteiger charge is -2.12. The second-order valence-electron chi connectivity index (χ2n) is 6.29. The van der Waals surface area contributed by atoms with Crippen molar-refractivity contribution >= 4 is 48.3 Å². The molecule has 7 heteroatoms. The van der Waals surface area contributed by atoms with E-state index in [2.05, 4.69) is 26.2 Å². The minimum atomic E-state index is -3.75. The van der Waals surface area contributed by atoms with Gasteiger partial charge in [-0.2, -0.15) is 0 Å². The van der Waals surface area contributed by atoms with Crippen LogP contribution in [0.5, 0.6) is 0 Å². The standard InChI is InChI=1S/C22H15BrN2O3S/c23-16-8-10-17(11-9-16)29(27,28)20-13-12-19(21-18(20)7-4-14-24-21)25-22(26)15-5-2-1-3-6-15/h1-14H,(H,25,26). The highest BCUT2D eigenvalue weighted by molar-refractivity contribution is 9.10. The molecule has 0 fully saturated rings. The number of fused-ring (bicyclic) bond motifs is 1. The Morgan fingerprint density at radius 2 is 1.59 bits per heavy atom. The molecule has 29 heavy (non-hydrogen) atoms. The second-order valence-corrected chi connectivity index (χ2v) is 9.12. The van der Waals surface area contributed by atoms with Crippen LogP contribution in [0.15, 0.2) is 99.3 Å². The van der Waals surface area contributed by atoms with E-state index in [9.17, 15) is 13.2 Å². The van der Waals surface area contributed by atoms with Crippen LogP contribution in [-0.4, -0.2) is 19.3 Å². The number of carbonyl (C=O) groups is 1. The molecule has 5 nitrogen and oxygen atoms in total. The third-order valence-electron chi connectivity index (χ3n) is 4.43. The third-order valence-corrected chi connectivity index (χ3v) is 6.78. The summed E-state index contributed by atoms with van der Waals surface area (Å²) in [5.41, 5.74) is 1.36. The van der Waals surface area contributed by atoms with E-state index in [0.717, 1.165) is 4.47 Å². The van der Waals surface area contributed by atoms with Crippen LogP contribution in [0.25, 0.3) is 10.9 Å². The maximum Gasteiger partial charge on any atom is 0.255 e. The molecule has 1 heterocycles. The number of hydrogen-bond acceptors (Lipinski definition) is 4. The number of amides is 1. The molecular weight excluding hydrogens is 452 g/mol. The minimum absolute atomic E-state index is 0.139. The molecule has 1 aromatic heterocycles. The Balaban J connectivity index is 1.80. The van der Waals surface area contributed by atoms with E-state index in [1.165, 1.54) is 6.07 Å². The summed E-state index contributed by atoms with van der Waals surface area (Å²) in [7, 11) is -3.75. The Morgan fingerprint density at radius 1 is 0.862 bits per heavy atom. The fourth-order valence-electron chi connectivity index (χ4n) is 3.01. The minimum Gasteiger partial charge on any atom is -0.320 e. The first-order chi connectivity index (χ1) is 14.0. The van der Waals surface area contributed by atoms with Crippen LogP contribution >= 0.6 is 15.9 Å². The van der Waals surface area contributed by atoms with E-state index in [0.29, 0.717) is 22.2 Å². The Bertz CT molecular complexity index is 1310. The average molecular weight is 467 g/mol. The Hall–Kier alpha value is -3.03. The molecule has 0 aliphatic heterocycles. The molecule has 0 aliphatic carbocycles. The molecule has 0 radical (unpaired) electrons. The van der Waals surface area contributed by atoms with Crippen molar-refractivity contribution in [3.05, 3.63) is 95.1 Å². The molecule has 0 spiro atoms. The van der Waals surface area contributed by atoms with Crippen LogP contribution in [0.4, 0.5) is 5.69 Å². The second kappa shape index (κ2) is 7.77. The molecule has 4 rings (SSSR count). The number of halogens is 1. The van der Waals surface area contributed by atoms with Gasteiger partial charge in [0.15, 0.2) is 0 Å². The number of pyridine rings is 1. The summed E-state index contributed by atoms with van der Waals surface area (Å²) in [5.74, 6) is -0.291. The summed E-state index contributed by atoms with van der Waals surface area (Å²) in [6.07, 6.45) is 1.57. The lowest BCUT2D eigenvalue weighted by Crippen LogP contribution is -2.13. The number of aromatic nitrogens is 1. The first-order valence-corrected chi connectivity index (χ1v) is 11.0. The van der Waals surface area contributed by atoms with Crippen molar-refractivity contribution in [2.75, 3.05) is 5.32 Å². The number of nitrogens with one attached hydrogen (secondary N) is 1. The van der Waals surface area contributed by atoms with E-state index in [4.69, 9.17) is 0 Å². The quantitative estimate of drug-likeness (QED) is 0.454. The van der Waals surface area contributed by atoms with Crippen molar-refractivity contribution in [1.29, 1.82) is 0 Å². The van der Waals surface area contributed by atoms with Crippen LogP contribution in [-0.2, 0) is 9.84 Å². The molecule has 0 atom stereocenters. The Labute approximate surface area is 176 Å². The van der Waals surface area contributed by atoms with Gasteiger partial charge in [-0.25, -0.2) is 8.42 Å². The predicted octanol–water partition coefficient (Wildman–Crippen LogP) is 5.08. The fourth-order valence-corrected chi connectivity index (χ4v) is 4.72. The van der Waals surface area contributed by atoms with Crippen molar-refractivity contribution in [1.82, 2.24) is 4.98 Å². The van der Waals surface area contributed by atoms with Gasteiger partial charge in [-0.05, 0) is 60.7 Å². The first kappa shape index (κ1) is 19.3. The van der Waals surface area contributed by atoms with E-state index < -0.39 is 9.84 Å². The van der Waals surface area contributed by atoms with Crippen molar-refractivity contribution in [3.63, 3.8) is 0 Å². The van der Waals surface area contributed by atoms with Crippen LogP contribution in [0.1, 0.15) is 10.4 Å². The molecule has 0 aliphatic rings. The van der Waals surface area contributed by atoms with Gasteiger partial charge in [-0.1, -0.05) is 34.1 Å². The lowest BCUT2D eigenvalue weighted by atomic mass is 10.1. The average Bonchev–Trinajstić information content (AvgIpc) is 2.74. The monoisotopic (exact) mass is 466 g/mol. The molecule has 0 unspecified atom stereocenters. The molecule has 0 bridgehead atoms. The van der Waals surface area contributed by atoms with Crippen molar-refractivity contribution in [3.8, 4) is 0 Å². The zero-order valence-electron chi connectivity index (χ0n) is 15.0. The fraction of sp³-hybridized carbons (Fsp3) is 0. The normalized spacial score (nSPS) is 11.3. The van der Waals surface area contributed by atoms with Crippen molar-refractivity contribution in [2.24, 2.45) is 0 Å².